The van der Waals surface area contributed by atoms with Crippen molar-refractivity contribution < 1.29 is 0 Å². The minimum atomic E-state index is 0.100. The van der Waals surface area contributed by atoms with Crippen molar-refractivity contribution in [2.45, 2.75) is 19.3 Å². The topological polar surface area (TPSA) is 0 Å². The van der Waals surface area contributed by atoms with Gasteiger partial charge >= 0.3 is 0 Å². The molecule has 1 heteroatoms. The molecule has 1 aromatic carbocycles. The summed E-state index contributed by atoms with van der Waals surface area (Å²) in [6.45, 7) is 4.36. The van der Waals surface area contributed by atoms with E-state index in [9.17, 15) is 0 Å². The number of terminal acetylenes is 1. The van der Waals surface area contributed by atoms with Crippen molar-refractivity contribution in [3.8, 4) is 12.3 Å². The molecular formula is C12H13Br. The van der Waals surface area contributed by atoms with E-state index in [4.69, 9.17) is 6.42 Å². The van der Waals surface area contributed by atoms with Gasteiger partial charge in [-0.3, -0.25) is 0 Å². The number of hydrogen-bond donors (Lipinski definition) is 0. The molecule has 0 N–H and O–H groups in total. The molecule has 1 rings (SSSR count). The Balaban J connectivity index is 3.22. The van der Waals surface area contributed by atoms with E-state index >= 15 is 0 Å². The first kappa shape index (κ1) is 10.3. The maximum atomic E-state index is 5.44. The SMILES string of the molecule is C#Cc1ccccc1C(C)(C)CBr. The second kappa shape index (κ2) is 3.98. The highest BCUT2D eigenvalue weighted by Crippen LogP contribution is 2.27. The zero-order valence-corrected chi connectivity index (χ0v) is 9.56. The molecule has 0 spiro atoms. The lowest BCUT2D eigenvalue weighted by Crippen LogP contribution is -2.20. The first-order chi connectivity index (χ1) is 6.11. The Morgan fingerprint density at radius 2 is 2.00 bits per heavy atom. The van der Waals surface area contributed by atoms with Crippen LogP contribution in [0.5, 0.6) is 0 Å². The maximum absolute atomic E-state index is 5.44. The van der Waals surface area contributed by atoms with E-state index in [0.717, 1.165) is 10.9 Å². The summed E-state index contributed by atoms with van der Waals surface area (Å²) in [5, 5.41) is 0.915. The van der Waals surface area contributed by atoms with E-state index in [1.165, 1.54) is 5.56 Å². The third-order valence-electron chi connectivity index (χ3n) is 2.15. The molecule has 0 atom stereocenters. The zero-order valence-electron chi connectivity index (χ0n) is 7.97. The molecule has 0 heterocycles. The van der Waals surface area contributed by atoms with Crippen molar-refractivity contribution in [3.05, 3.63) is 35.4 Å². The van der Waals surface area contributed by atoms with Gasteiger partial charge in [0.2, 0.25) is 0 Å². The van der Waals surface area contributed by atoms with Crippen LogP contribution in [0.2, 0.25) is 0 Å². The number of hydrogen-bond acceptors (Lipinski definition) is 0. The lowest BCUT2D eigenvalue weighted by Gasteiger charge is -2.23. The average molecular weight is 237 g/mol. The van der Waals surface area contributed by atoms with Crippen molar-refractivity contribution in [1.29, 1.82) is 0 Å². The lowest BCUT2D eigenvalue weighted by atomic mass is 9.84. The van der Waals surface area contributed by atoms with Crippen molar-refractivity contribution in [2.24, 2.45) is 0 Å². The number of alkyl halides is 1. The van der Waals surface area contributed by atoms with Gasteiger partial charge in [-0.15, -0.1) is 6.42 Å². The molecule has 0 aliphatic heterocycles. The van der Waals surface area contributed by atoms with Gasteiger partial charge in [-0.25, -0.2) is 0 Å². The molecule has 0 aliphatic rings. The van der Waals surface area contributed by atoms with Crippen LogP contribution in [0, 0.1) is 12.3 Å². The zero-order chi connectivity index (χ0) is 9.90. The van der Waals surface area contributed by atoms with E-state index in [1.54, 1.807) is 0 Å². The van der Waals surface area contributed by atoms with E-state index in [0.29, 0.717) is 0 Å². The molecule has 0 aromatic heterocycles. The molecule has 0 radical (unpaired) electrons. The quantitative estimate of drug-likeness (QED) is 0.546. The highest BCUT2D eigenvalue weighted by atomic mass is 79.9. The summed E-state index contributed by atoms with van der Waals surface area (Å²) in [5.74, 6) is 2.72. The average Bonchev–Trinajstić information content (AvgIpc) is 2.18. The van der Waals surface area contributed by atoms with Crippen molar-refractivity contribution >= 4 is 15.9 Å². The van der Waals surface area contributed by atoms with Crippen LogP contribution in [0.4, 0.5) is 0 Å². The van der Waals surface area contributed by atoms with Crippen LogP contribution in [-0.2, 0) is 5.41 Å². The molecule has 0 amide bonds. The summed E-state index contributed by atoms with van der Waals surface area (Å²) in [6.07, 6.45) is 5.44. The summed E-state index contributed by atoms with van der Waals surface area (Å²) in [5.41, 5.74) is 2.32. The molecule has 0 unspecified atom stereocenters. The van der Waals surface area contributed by atoms with Crippen LogP contribution in [0.3, 0.4) is 0 Å². The van der Waals surface area contributed by atoms with Crippen LogP contribution in [-0.4, -0.2) is 5.33 Å². The van der Waals surface area contributed by atoms with E-state index in [-0.39, 0.29) is 5.41 Å². The normalized spacial score (nSPS) is 10.9. The highest BCUT2D eigenvalue weighted by Gasteiger charge is 2.20. The molecule has 0 saturated carbocycles. The highest BCUT2D eigenvalue weighted by molar-refractivity contribution is 9.09. The first-order valence-corrected chi connectivity index (χ1v) is 5.36. The van der Waals surface area contributed by atoms with Gasteiger partial charge in [-0.05, 0) is 11.6 Å². The predicted octanol–water partition coefficient (Wildman–Crippen LogP) is 3.34. The van der Waals surface area contributed by atoms with E-state index in [1.807, 2.05) is 18.2 Å². The summed E-state index contributed by atoms with van der Waals surface area (Å²) in [6, 6.07) is 8.08. The molecule has 13 heavy (non-hydrogen) atoms. The largest absolute Gasteiger partial charge is 0.115 e. The van der Waals surface area contributed by atoms with Gasteiger partial charge in [0.15, 0.2) is 0 Å². The van der Waals surface area contributed by atoms with Gasteiger partial charge in [-0.2, -0.15) is 0 Å². The van der Waals surface area contributed by atoms with Gasteiger partial charge in [0, 0.05) is 16.3 Å². The second-order valence-electron chi connectivity index (χ2n) is 3.71. The molecule has 1 aromatic rings. The third-order valence-corrected chi connectivity index (χ3v) is 3.55. The molecule has 68 valence electrons. The Hall–Kier alpha value is -0.740. The van der Waals surface area contributed by atoms with Crippen LogP contribution in [0.1, 0.15) is 25.0 Å². The fourth-order valence-electron chi connectivity index (χ4n) is 1.27. The van der Waals surface area contributed by atoms with Crippen LogP contribution in [0.25, 0.3) is 0 Å². The predicted molar refractivity (Wildman–Crippen MR) is 61.2 cm³/mol. The molecule has 0 nitrogen and oxygen atoms in total. The van der Waals surface area contributed by atoms with Crippen LogP contribution in [0.15, 0.2) is 24.3 Å². The van der Waals surface area contributed by atoms with Gasteiger partial charge in [-0.1, -0.05) is 53.9 Å². The Bertz CT molecular complexity index is 331. The molecule has 0 fully saturated rings. The molecule has 0 saturated heterocycles. The molecular weight excluding hydrogens is 224 g/mol. The third kappa shape index (κ3) is 2.14. The fraction of sp³-hybridized carbons (Fsp3) is 0.333. The summed E-state index contributed by atoms with van der Waals surface area (Å²) in [7, 11) is 0. The number of halogens is 1. The lowest BCUT2D eigenvalue weighted by molar-refractivity contribution is 0.605. The smallest absolute Gasteiger partial charge is 0.0280 e. The van der Waals surface area contributed by atoms with Gasteiger partial charge in [0.25, 0.3) is 0 Å². The molecule has 0 aliphatic carbocycles. The summed E-state index contributed by atoms with van der Waals surface area (Å²) < 4.78 is 0. The van der Waals surface area contributed by atoms with Crippen molar-refractivity contribution in [3.63, 3.8) is 0 Å². The van der Waals surface area contributed by atoms with Crippen molar-refractivity contribution in [2.75, 3.05) is 5.33 Å². The van der Waals surface area contributed by atoms with Gasteiger partial charge in [0.1, 0.15) is 0 Å². The molecule has 0 bridgehead atoms. The van der Waals surface area contributed by atoms with Crippen molar-refractivity contribution in [1.82, 2.24) is 0 Å². The number of rotatable bonds is 2. The Morgan fingerprint density at radius 3 is 2.54 bits per heavy atom. The van der Waals surface area contributed by atoms with E-state index in [2.05, 4.69) is 41.8 Å². The Labute approximate surface area is 88.5 Å². The standard InChI is InChI=1S/C12H13Br/c1-4-10-7-5-6-8-11(10)12(2,3)9-13/h1,5-8H,9H2,2-3H3. The minimum absolute atomic E-state index is 0.100. The van der Waals surface area contributed by atoms with E-state index < -0.39 is 0 Å². The summed E-state index contributed by atoms with van der Waals surface area (Å²) >= 11 is 3.50. The summed E-state index contributed by atoms with van der Waals surface area (Å²) in [4.78, 5) is 0. The van der Waals surface area contributed by atoms with Gasteiger partial charge < -0.3 is 0 Å². The Kier molecular flexibility index (Phi) is 3.17. The second-order valence-corrected chi connectivity index (χ2v) is 4.27. The van der Waals surface area contributed by atoms with Crippen LogP contribution < -0.4 is 0 Å². The maximum Gasteiger partial charge on any atom is 0.0280 e. The van der Waals surface area contributed by atoms with Gasteiger partial charge in [0.05, 0.1) is 0 Å². The monoisotopic (exact) mass is 236 g/mol. The Morgan fingerprint density at radius 1 is 1.38 bits per heavy atom. The van der Waals surface area contributed by atoms with Crippen LogP contribution >= 0.6 is 15.9 Å². The minimum Gasteiger partial charge on any atom is -0.115 e. The number of benzene rings is 1. The first-order valence-electron chi connectivity index (χ1n) is 4.24. The fourth-order valence-corrected chi connectivity index (χ4v) is 1.57.